The van der Waals surface area contributed by atoms with Gasteiger partial charge in [0.15, 0.2) is 0 Å². The topological polar surface area (TPSA) is 75.3 Å². The fourth-order valence-electron chi connectivity index (χ4n) is 2.29. The second-order valence-corrected chi connectivity index (χ2v) is 8.92. The average Bonchev–Trinajstić information content (AvgIpc) is 2.65. The Kier molecular flexibility index (Phi) is 7.68. The first-order chi connectivity index (χ1) is 12.4. The Hall–Kier alpha value is -1.83. The van der Waals surface area contributed by atoms with Gasteiger partial charge in [0.2, 0.25) is 15.9 Å². The Labute approximate surface area is 159 Å². The van der Waals surface area contributed by atoms with Gasteiger partial charge in [-0.15, -0.1) is 11.8 Å². The first-order valence-electron chi connectivity index (χ1n) is 8.39. The lowest BCUT2D eigenvalue weighted by Crippen LogP contribution is -2.25. The lowest BCUT2D eigenvalue weighted by atomic mass is 10.1. The Morgan fingerprint density at radius 1 is 1.04 bits per heavy atom. The van der Waals surface area contributed by atoms with Crippen LogP contribution < -0.4 is 10.0 Å². The predicted molar refractivity (Wildman–Crippen MR) is 106 cm³/mol. The van der Waals surface area contributed by atoms with Crippen molar-refractivity contribution in [1.29, 1.82) is 0 Å². The molecule has 0 bridgehead atoms. The van der Waals surface area contributed by atoms with E-state index in [-0.39, 0.29) is 10.8 Å². The van der Waals surface area contributed by atoms with Gasteiger partial charge in [-0.2, -0.15) is 0 Å². The molecule has 0 heterocycles. The molecule has 0 aromatic heterocycles. The van der Waals surface area contributed by atoms with E-state index in [0.717, 1.165) is 11.3 Å². The van der Waals surface area contributed by atoms with Gasteiger partial charge in [0.1, 0.15) is 0 Å². The van der Waals surface area contributed by atoms with E-state index in [2.05, 4.69) is 41.2 Å². The highest BCUT2D eigenvalue weighted by molar-refractivity contribution is 7.99. The average molecular weight is 393 g/mol. The summed E-state index contributed by atoms with van der Waals surface area (Å²) in [7, 11) is -2.04. The quantitative estimate of drug-likeness (QED) is 0.508. The van der Waals surface area contributed by atoms with Crippen molar-refractivity contribution >= 4 is 27.7 Å². The van der Waals surface area contributed by atoms with Crippen LogP contribution in [-0.2, 0) is 21.2 Å². The molecule has 0 aliphatic rings. The van der Waals surface area contributed by atoms with Gasteiger partial charge in [-0.25, -0.2) is 13.1 Å². The number of carbonyl (C=O) groups is 1. The van der Waals surface area contributed by atoms with Crippen molar-refractivity contribution in [2.75, 3.05) is 19.3 Å². The van der Waals surface area contributed by atoms with Gasteiger partial charge >= 0.3 is 0 Å². The number of hydrogen-bond acceptors (Lipinski definition) is 4. The van der Waals surface area contributed by atoms with E-state index in [1.54, 1.807) is 36.0 Å². The molecule has 0 aliphatic carbocycles. The van der Waals surface area contributed by atoms with E-state index in [1.165, 1.54) is 17.5 Å². The van der Waals surface area contributed by atoms with Crippen molar-refractivity contribution in [2.24, 2.45) is 0 Å². The fraction of sp³-hybridized carbons (Fsp3) is 0.316. The molecular weight excluding hydrogens is 368 g/mol. The van der Waals surface area contributed by atoms with Gasteiger partial charge in [-0.3, -0.25) is 4.79 Å². The van der Waals surface area contributed by atoms with Gasteiger partial charge in [-0.05, 0) is 50.2 Å². The highest BCUT2D eigenvalue weighted by atomic mass is 32.2. The number of hydrogen-bond donors (Lipinski definition) is 2. The molecule has 0 radical (unpaired) electrons. The van der Waals surface area contributed by atoms with Crippen LogP contribution in [0.4, 0.5) is 0 Å². The molecule has 0 atom stereocenters. The Bertz CT molecular complexity index is 817. The number of rotatable bonds is 9. The lowest BCUT2D eigenvalue weighted by molar-refractivity contribution is -0.120. The smallest absolute Gasteiger partial charge is 0.240 e. The molecule has 2 aromatic carbocycles. The zero-order chi connectivity index (χ0) is 19.0. The van der Waals surface area contributed by atoms with Crippen LogP contribution in [0.1, 0.15) is 17.5 Å². The van der Waals surface area contributed by atoms with Gasteiger partial charge in [0.25, 0.3) is 0 Å². The maximum atomic E-state index is 11.9. The fourth-order valence-corrected chi connectivity index (χ4v) is 3.79. The summed E-state index contributed by atoms with van der Waals surface area (Å²) in [4.78, 5) is 13.3. The maximum absolute atomic E-state index is 11.9. The van der Waals surface area contributed by atoms with Crippen molar-refractivity contribution in [3.63, 3.8) is 0 Å². The van der Waals surface area contributed by atoms with E-state index in [9.17, 15) is 13.2 Å². The third-order valence-electron chi connectivity index (χ3n) is 3.86. The molecule has 2 aromatic rings. The van der Waals surface area contributed by atoms with Crippen LogP contribution in [0.25, 0.3) is 0 Å². The first-order valence-corrected chi connectivity index (χ1v) is 10.9. The molecule has 0 fully saturated rings. The van der Waals surface area contributed by atoms with Crippen molar-refractivity contribution in [3.8, 4) is 0 Å². The second-order valence-electron chi connectivity index (χ2n) is 5.86. The monoisotopic (exact) mass is 392 g/mol. The molecule has 0 unspecified atom stereocenters. The van der Waals surface area contributed by atoms with E-state index in [4.69, 9.17) is 0 Å². The minimum atomic E-state index is -3.42. The SMILES string of the molecule is CNS(=O)(=O)c1ccc(CCC(=O)NCCSc2ccc(C)cc2)cc1. The number of nitrogens with one attached hydrogen (secondary N) is 2. The van der Waals surface area contributed by atoms with Crippen molar-refractivity contribution in [1.82, 2.24) is 10.0 Å². The number of amides is 1. The predicted octanol–water partition coefficient (Wildman–Crippen LogP) is 2.74. The third kappa shape index (κ3) is 6.48. The standard InChI is InChI=1S/C19H24N2O3S2/c1-15-3-8-17(9-4-15)25-14-13-21-19(22)12-7-16-5-10-18(11-6-16)26(23,24)20-2/h3-6,8-11,20H,7,12-14H2,1-2H3,(H,21,22). The van der Waals surface area contributed by atoms with Crippen molar-refractivity contribution in [2.45, 2.75) is 29.6 Å². The van der Waals surface area contributed by atoms with Crippen LogP contribution in [-0.4, -0.2) is 33.7 Å². The van der Waals surface area contributed by atoms with E-state index < -0.39 is 10.0 Å². The second kappa shape index (κ2) is 9.75. The van der Waals surface area contributed by atoms with Crippen molar-refractivity contribution in [3.05, 3.63) is 59.7 Å². The van der Waals surface area contributed by atoms with Crippen LogP contribution in [0.5, 0.6) is 0 Å². The normalized spacial score (nSPS) is 11.3. The van der Waals surface area contributed by atoms with Crippen LogP contribution in [0, 0.1) is 6.92 Å². The molecule has 2 rings (SSSR count). The van der Waals surface area contributed by atoms with Crippen LogP contribution in [0.15, 0.2) is 58.3 Å². The summed E-state index contributed by atoms with van der Waals surface area (Å²) in [5.74, 6) is 0.826. The molecule has 0 aliphatic heterocycles. The Balaban J connectivity index is 1.69. The summed E-state index contributed by atoms with van der Waals surface area (Å²) in [6, 6.07) is 14.9. The van der Waals surface area contributed by atoms with Crippen LogP contribution >= 0.6 is 11.8 Å². The third-order valence-corrected chi connectivity index (χ3v) is 6.30. The number of carbonyl (C=O) groups excluding carboxylic acids is 1. The molecule has 2 N–H and O–H groups in total. The summed E-state index contributed by atoms with van der Waals surface area (Å²) >= 11 is 1.71. The Morgan fingerprint density at radius 2 is 1.69 bits per heavy atom. The molecule has 0 saturated heterocycles. The zero-order valence-corrected chi connectivity index (χ0v) is 16.6. The highest BCUT2D eigenvalue weighted by Gasteiger charge is 2.10. The summed E-state index contributed by atoms with van der Waals surface area (Å²) in [5.41, 5.74) is 2.17. The lowest BCUT2D eigenvalue weighted by Gasteiger charge is -2.07. The summed E-state index contributed by atoms with van der Waals surface area (Å²) in [6.07, 6.45) is 0.962. The van der Waals surface area contributed by atoms with Gasteiger partial charge in [0, 0.05) is 23.6 Å². The summed E-state index contributed by atoms with van der Waals surface area (Å²) in [6.45, 7) is 2.68. The van der Waals surface area contributed by atoms with E-state index >= 15 is 0 Å². The first kappa shape index (κ1) is 20.5. The zero-order valence-electron chi connectivity index (χ0n) is 15.0. The van der Waals surface area contributed by atoms with E-state index in [0.29, 0.717) is 19.4 Å². The molecule has 5 nitrogen and oxygen atoms in total. The maximum Gasteiger partial charge on any atom is 0.240 e. The molecule has 1 amide bonds. The number of sulfonamides is 1. The van der Waals surface area contributed by atoms with Crippen molar-refractivity contribution < 1.29 is 13.2 Å². The summed E-state index contributed by atoms with van der Waals surface area (Å²) < 4.78 is 25.6. The molecular formula is C19H24N2O3S2. The highest BCUT2D eigenvalue weighted by Crippen LogP contribution is 2.17. The van der Waals surface area contributed by atoms with E-state index in [1.807, 2.05) is 0 Å². The summed E-state index contributed by atoms with van der Waals surface area (Å²) in [5, 5.41) is 2.91. The molecule has 26 heavy (non-hydrogen) atoms. The Morgan fingerprint density at radius 3 is 2.31 bits per heavy atom. The van der Waals surface area contributed by atoms with Crippen LogP contribution in [0.3, 0.4) is 0 Å². The number of aryl methyl sites for hydroxylation is 2. The van der Waals surface area contributed by atoms with Gasteiger partial charge in [-0.1, -0.05) is 29.8 Å². The van der Waals surface area contributed by atoms with Crippen LogP contribution in [0.2, 0.25) is 0 Å². The molecule has 0 spiro atoms. The number of thioether (sulfide) groups is 1. The minimum Gasteiger partial charge on any atom is -0.355 e. The molecule has 7 heteroatoms. The van der Waals surface area contributed by atoms with Gasteiger partial charge in [0.05, 0.1) is 4.90 Å². The molecule has 0 saturated carbocycles. The number of benzene rings is 2. The van der Waals surface area contributed by atoms with Gasteiger partial charge < -0.3 is 5.32 Å². The minimum absolute atomic E-state index is 0.00132. The molecule has 140 valence electrons. The largest absolute Gasteiger partial charge is 0.355 e.